The molecule has 0 bridgehead atoms. The van der Waals surface area contributed by atoms with Crippen LogP contribution in [-0.2, 0) is 17.2 Å². The maximum absolute atomic E-state index is 13.9. The minimum Gasteiger partial charge on any atom is -0.489 e. The third kappa shape index (κ3) is 6.63. The Balaban J connectivity index is 1.30. The number of aromatic nitrogens is 3. The minimum atomic E-state index is -0.525. The molecule has 1 atom stereocenters. The topological polar surface area (TPSA) is 81.1 Å². The number of carbonyl (C=O) groups excluding carboxylic acids is 1. The molecule has 1 unspecified atom stereocenters. The molecule has 5 aromatic rings. The number of halogens is 2. The summed E-state index contributed by atoms with van der Waals surface area (Å²) >= 11 is 13.9. The summed E-state index contributed by atoms with van der Waals surface area (Å²) in [6.45, 7) is 4.26. The van der Waals surface area contributed by atoms with Gasteiger partial charge in [-0.1, -0.05) is 95.6 Å². The highest BCUT2D eigenvalue weighted by Gasteiger charge is 2.34. The fourth-order valence-corrected chi connectivity index (χ4v) is 6.19. The lowest BCUT2D eigenvalue weighted by atomic mass is 9.95. The Kier molecular flexibility index (Phi) is 8.93. The molecule has 7 nitrogen and oxygen atoms in total. The molecule has 1 aliphatic rings. The fourth-order valence-electron chi connectivity index (χ4n) is 4.95. The number of hydrogen-bond acceptors (Lipinski definition) is 6. The molecular weight excluding hydrogens is 613 g/mol. The van der Waals surface area contributed by atoms with Gasteiger partial charge in [0.1, 0.15) is 18.4 Å². The Hall–Kier alpha value is -4.24. The molecule has 10 heteroatoms. The fraction of sp³-hybridized carbons (Fsp3) is 0.147. The van der Waals surface area contributed by atoms with E-state index in [4.69, 9.17) is 38.0 Å². The number of amides is 1. The predicted octanol–water partition coefficient (Wildman–Crippen LogP) is 8.69. The van der Waals surface area contributed by atoms with Crippen molar-refractivity contribution in [1.29, 1.82) is 0 Å². The van der Waals surface area contributed by atoms with Crippen LogP contribution >= 0.6 is 35.0 Å². The number of carbonyl (C=O) groups is 1. The monoisotopic (exact) mass is 641 g/mol. The number of ether oxygens (including phenoxy) is 1. The van der Waals surface area contributed by atoms with E-state index in [9.17, 15) is 4.79 Å². The molecule has 4 aromatic carbocycles. The number of aryl methyl sites for hydroxylation is 1. The van der Waals surface area contributed by atoms with Gasteiger partial charge in [-0.25, -0.2) is 4.68 Å². The molecule has 2 N–H and O–H groups in total. The van der Waals surface area contributed by atoms with E-state index in [-0.39, 0.29) is 5.91 Å². The lowest BCUT2D eigenvalue weighted by Gasteiger charge is -2.29. The van der Waals surface area contributed by atoms with Crippen LogP contribution in [0.3, 0.4) is 0 Å². The lowest BCUT2D eigenvalue weighted by molar-refractivity contribution is -0.113. The van der Waals surface area contributed by atoms with Gasteiger partial charge in [-0.05, 0) is 72.5 Å². The van der Waals surface area contributed by atoms with Gasteiger partial charge < -0.3 is 15.4 Å². The van der Waals surface area contributed by atoms with Crippen molar-refractivity contribution in [2.45, 2.75) is 37.4 Å². The molecule has 0 aliphatic carbocycles. The summed E-state index contributed by atoms with van der Waals surface area (Å²) < 4.78 is 7.80. The molecular formula is C34H29Cl2N5O2S. The van der Waals surface area contributed by atoms with E-state index in [1.165, 1.54) is 11.8 Å². The lowest BCUT2D eigenvalue weighted by Crippen LogP contribution is -2.31. The Bertz CT molecular complexity index is 1840. The summed E-state index contributed by atoms with van der Waals surface area (Å²) in [5.41, 5.74) is 5.85. The number of nitrogens with one attached hydrogen (secondary N) is 2. The van der Waals surface area contributed by atoms with Crippen molar-refractivity contribution in [3.05, 3.63) is 141 Å². The van der Waals surface area contributed by atoms with E-state index in [2.05, 4.69) is 10.6 Å². The van der Waals surface area contributed by atoms with E-state index in [0.717, 1.165) is 27.9 Å². The van der Waals surface area contributed by atoms with E-state index in [1.54, 1.807) is 4.68 Å². The molecule has 6 rings (SSSR count). The van der Waals surface area contributed by atoms with E-state index in [0.29, 0.717) is 50.5 Å². The third-order valence-corrected chi connectivity index (χ3v) is 8.81. The van der Waals surface area contributed by atoms with Crippen molar-refractivity contribution in [3.63, 3.8) is 0 Å². The number of benzene rings is 4. The number of fused-ring (bicyclic) bond motifs is 1. The van der Waals surface area contributed by atoms with Gasteiger partial charge in [0.2, 0.25) is 11.1 Å². The van der Waals surface area contributed by atoms with Crippen molar-refractivity contribution in [2.75, 3.05) is 10.6 Å². The van der Waals surface area contributed by atoms with E-state index < -0.39 is 6.04 Å². The SMILES string of the molecule is CC1=C(C(=O)Nc2ccccc2C)C(c2ccc(OCc3ccc(Cl)cc3)cc2)n2nc(SCc3ccccc3Cl)nc2N1. The minimum absolute atomic E-state index is 0.219. The second-order valence-corrected chi connectivity index (χ2v) is 12.1. The zero-order valence-corrected chi connectivity index (χ0v) is 26.4. The highest BCUT2D eigenvalue weighted by Crippen LogP contribution is 2.38. The maximum Gasteiger partial charge on any atom is 0.255 e. The second-order valence-electron chi connectivity index (χ2n) is 10.4. The molecule has 1 amide bonds. The Morgan fingerprint density at radius 1 is 0.955 bits per heavy atom. The molecule has 44 heavy (non-hydrogen) atoms. The number of hydrogen-bond donors (Lipinski definition) is 2. The maximum atomic E-state index is 13.9. The Morgan fingerprint density at radius 3 is 2.43 bits per heavy atom. The first-order valence-corrected chi connectivity index (χ1v) is 15.7. The number of thioether (sulfide) groups is 1. The summed E-state index contributed by atoms with van der Waals surface area (Å²) in [7, 11) is 0. The first-order valence-electron chi connectivity index (χ1n) is 14.0. The number of para-hydroxylation sites is 1. The number of anilines is 2. The smallest absolute Gasteiger partial charge is 0.255 e. The zero-order valence-electron chi connectivity index (χ0n) is 24.1. The predicted molar refractivity (Wildman–Crippen MR) is 178 cm³/mol. The Morgan fingerprint density at radius 2 is 1.68 bits per heavy atom. The van der Waals surface area contributed by atoms with Gasteiger partial charge in [0.15, 0.2) is 0 Å². The van der Waals surface area contributed by atoms with Crippen LogP contribution in [0.5, 0.6) is 5.75 Å². The van der Waals surface area contributed by atoms with Gasteiger partial charge in [0.05, 0.1) is 5.57 Å². The van der Waals surface area contributed by atoms with Crippen LogP contribution in [-0.4, -0.2) is 20.7 Å². The first-order chi connectivity index (χ1) is 21.4. The number of allylic oxidation sites excluding steroid dienone is 1. The third-order valence-electron chi connectivity index (χ3n) is 7.30. The summed E-state index contributed by atoms with van der Waals surface area (Å²) in [5, 5.41) is 13.2. The van der Waals surface area contributed by atoms with Gasteiger partial charge in [-0.15, -0.1) is 5.10 Å². The standard InChI is InChI=1S/C34H29Cl2N5O2S/c1-21-7-3-6-10-29(21)38-32(42)30-22(2)37-33-39-34(44-20-25-8-4-5-9-28(25)36)40-41(33)31(30)24-13-17-27(18-14-24)43-19-23-11-15-26(35)16-12-23/h3-18,31H,19-20H2,1-2H3,(H,38,42)(H,37,39,40). The molecule has 0 fully saturated rings. The van der Waals surface area contributed by atoms with Crippen LogP contribution in [0.1, 0.15) is 35.2 Å². The summed E-state index contributed by atoms with van der Waals surface area (Å²) in [6.07, 6.45) is 0. The second kappa shape index (κ2) is 13.2. The van der Waals surface area contributed by atoms with Crippen molar-refractivity contribution in [1.82, 2.24) is 14.8 Å². The van der Waals surface area contributed by atoms with Gasteiger partial charge in [0, 0.05) is 27.2 Å². The number of rotatable bonds is 9. The van der Waals surface area contributed by atoms with E-state index >= 15 is 0 Å². The number of nitrogens with zero attached hydrogens (tertiary/aromatic N) is 3. The summed E-state index contributed by atoms with van der Waals surface area (Å²) in [4.78, 5) is 18.7. The molecule has 1 aromatic heterocycles. The molecule has 1 aliphatic heterocycles. The van der Waals surface area contributed by atoms with Crippen LogP contribution in [0.25, 0.3) is 0 Å². The molecule has 0 saturated carbocycles. The average Bonchev–Trinajstić information content (AvgIpc) is 3.43. The van der Waals surface area contributed by atoms with Gasteiger partial charge in [-0.3, -0.25) is 4.79 Å². The average molecular weight is 643 g/mol. The zero-order chi connectivity index (χ0) is 30.6. The van der Waals surface area contributed by atoms with Crippen LogP contribution in [0.4, 0.5) is 11.6 Å². The van der Waals surface area contributed by atoms with E-state index in [1.807, 2.05) is 111 Å². The highest BCUT2D eigenvalue weighted by atomic mass is 35.5. The van der Waals surface area contributed by atoms with Crippen LogP contribution in [0.2, 0.25) is 10.0 Å². The molecule has 2 heterocycles. The van der Waals surface area contributed by atoms with Gasteiger partial charge in [0.25, 0.3) is 5.91 Å². The van der Waals surface area contributed by atoms with Gasteiger partial charge in [-0.2, -0.15) is 4.98 Å². The molecule has 0 spiro atoms. The van der Waals surface area contributed by atoms with Crippen LogP contribution < -0.4 is 15.4 Å². The Labute approximate surface area is 270 Å². The van der Waals surface area contributed by atoms with Crippen molar-refractivity contribution < 1.29 is 9.53 Å². The molecule has 0 saturated heterocycles. The summed E-state index contributed by atoms with van der Waals surface area (Å²) in [5.74, 6) is 1.66. The largest absolute Gasteiger partial charge is 0.489 e. The normalized spacial score (nSPS) is 14.1. The van der Waals surface area contributed by atoms with Crippen LogP contribution in [0, 0.1) is 6.92 Å². The van der Waals surface area contributed by atoms with Gasteiger partial charge >= 0.3 is 0 Å². The molecule has 222 valence electrons. The van der Waals surface area contributed by atoms with Crippen molar-refractivity contribution in [2.24, 2.45) is 0 Å². The van der Waals surface area contributed by atoms with Crippen molar-refractivity contribution >= 4 is 52.5 Å². The summed E-state index contributed by atoms with van der Waals surface area (Å²) in [6, 6.07) is 30.2. The first kappa shape index (κ1) is 29.8. The van der Waals surface area contributed by atoms with Crippen molar-refractivity contribution in [3.8, 4) is 5.75 Å². The quantitative estimate of drug-likeness (QED) is 0.157. The highest BCUT2D eigenvalue weighted by molar-refractivity contribution is 7.98. The molecule has 0 radical (unpaired) electrons. The van der Waals surface area contributed by atoms with Crippen LogP contribution in [0.15, 0.2) is 113 Å².